The van der Waals surface area contributed by atoms with Crippen molar-refractivity contribution in [3.8, 4) is 17.2 Å². The summed E-state index contributed by atoms with van der Waals surface area (Å²) in [6.07, 6.45) is 3.00. The van der Waals surface area contributed by atoms with Crippen LogP contribution in [0.15, 0.2) is 35.9 Å². The van der Waals surface area contributed by atoms with E-state index in [-0.39, 0.29) is 30.3 Å². The molecule has 1 unspecified atom stereocenters. The Balaban J connectivity index is 2.17. The van der Waals surface area contributed by atoms with Gasteiger partial charge >= 0.3 is 0 Å². The monoisotopic (exact) mass is 421 g/mol. The van der Waals surface area contributed by atoms with Crippen molar-refractivity contribution in [2.75, 3.05) is 42.7 Å². The SMILES string of the molecule is COC1=C(OC)NC(OC)(C(=O)CCC(=O)c2cc(OC)c(OC)c(OC)c2)C=C1. The summed E-state index contributed by atoms with van der Waals surface area (Å²) >= 11 is 0. The molecule has 0 fully saturated rings. The summed E-state index contributed by atoms with van der Waals surface area (Å²) < 4.78 is 31.6. The number of ether oxygens (including phenoxy) is 6. The predicted octanol–water partition coefficient (Wildman–Crippen LogP) is 2.21. The number of ketones is 2. The van der Waals surface area contributed by atoms with Gasteiger partial charge in [0.2, 0.25) is 17.4 Å². The number of hydrogen-bond acceptors (Lipinski definition) is 9. The van der Waals surface area contributed by atoms with Gasteiger partial charge < -0.3 is 33.7 Å². The van der Waals surface area contributed by atoms with E-state index in [1.165, 1.54) is 48.7 Å². The van der Waals surface area contributed by atoms with Gasteiger partial charge in [-0.2, -0.15) is 0 Å². The Hall–Kier alpha value is -3.20. The fourth-order valence-corrected chi connectivity index (χ4v) is 3.05. The van der Waals surface area contributed by atoms with Gasteiger partial charge in [-0.3, -0.25) is 9.59 Å². The maximum atomic E-state index is 12.9. The maximum Gasteiger partial charge on any atom is 0.232 e. The van der Waals surface area contributed by atoms with Crippen molar-refractivity contribution in [2.24, 2.45) is 0 Å². The van der Waals surface area contributed by atoms with Crippen molar-refractivity contribution < 1.29 is 38.0 Å². The molecule has 30 heavy (non-hydrogen) atoms. The first-order chi connectivity index (χ1) is 14.4. The van der Waals surface area contributed by atoms with Crippen molar-refractivity contribution in [1.82, 2.24) is 5.32 Å². The summed E-state index contributed by atoms with van der Waals surface area (Å²) in [5.41, 5.74) is -1.11. The molecule has 9 nitrogen and oxygen atoms in total. The second kappa shape index (κ2) is 10.0. The van der Waals surface area contributed by atoms with Crippen molar-refractivity contribution in [3.05, 3.63) is 41.5 Å². The molecule has 0 aliphatic carbocycles. The Morgan fingerprint density at radius 3 is 1.97 bits per heavy atom. The van der Waals surface area contributed by atoms with Crippen molar-refractivity contribution >= 4 is 11.6 Å². The summed E-state index contributed by atoms with van der Waals surface area (Å²) in [6, 6.07) is 3.10. The van der Waals surface area contributed by atoms with Gasteiger partial charge in [0.05, 0.1) is 35.5 Å². The lowest BCUT2D eigenvalue weighted by molar-refractivity contribution is -0.139. The summed E-state index contributed by atoms with van der Waals surface area (Å²) in [6.45, 7) is 0. The average molecular weight is 421 g/mol. The number of dihydropyridines is 1. The minimum absolute atomic E-state index is 0.0404. The van der Waals surface area contributed by atoms with E-state index >= 15 is 0 Å². The first-order valence-electron chi connectivity index (χ1n) is 9.10. The molecule has 1 atom stereocenters. The highest BCUT2D eigenvalue weighted by molar-refractivity contribution is 6.00. The smallest absolute Gasteiger partial charge is 0.232 e. The zero-order valence-corrected chi connectivity index (χ0v) is 18.0. The van der Waals surface area contributed by atoms with Crippen LogP contribution in [-0.2, 0) is 19.0 Å². The number of nitrogens with one attached hydrogen (secondary N) is 1. The van der Waals surface area contributed by atoms with Gasteiger partial charge in [0, 0.05) is 25.5 Å². The largest absolute Gasteiger partial charge is 0.493 e. The third-order valence-corrected chi connectivity index (χ3v) is 4.72. The zero-order chi connectivity index (χ0) is 22.3. The highest BCUT2D eigenvalue weighted by Gasteiger charge is 2.39. The van der Waals surface area contributed by atoms with Crippen LogP contribution < -0.4 is 19.5 Å². The fourth-order valence-electron chi connectivity index (χ4n) is 3.05. The first kappa shape index (κ1) is 23.1. The molecule has 1 heterocycles. The van der Waals surface area contributed by atoms with Crippen LogP contribution in [-0.4, -0.2) is 60.0 Å². The van der Waals surface area contributed by atoms with E-state index in [2.05, 4.69) is 5.32 Å². The molecule has 164 valence electrons. The molecule has 0 bridgehead atoms. The summed E-state index contributed by atoms with van der Waals surface area (Å²) in [7, 11) is 8.73. The number of benzene rings is 1. The number of carbonyl (C=O) groups excluding carboxylic acids is 2. The van der Waals surface area contributed by atoms with Gasteiger partial charge in [0.1, 0.15) is 0 Å². The summed E-state index contributed by atoms with van der Waals surface area (Å²) in [4.78, 5) is 25.7. The Morgan fingerprint density at radius 1 is 0.867 bits per heavy atom. The second-order valence-corrected chi connectivity index (χ2v) is 6.26. The Bertz CT molecular complexity index is 836. The molecule has 0 spiro atoms. The van der Waals surface area contributed by atoms with Gasteiger partial charge in [0.15, 0.2) is 28.8 Å². The summed E-state index contributed by atoms with van der Waals surface area (Å²) in [5.74, 6) is 1.19. The number of allylic oxidation sites excluding steroid dienone is 1. The highest BCUT2D eigenvalue weighted by atomic mass is 16.5. The van der Waals surface area contributed by atoms with E-state index in [1.807, 2.05) is 0 Å². The number of methoxy groups -OCH3 is 6. The van der Waals surface area contributed by atoms with Crippen LogP contribution in [0.3, 0.4) is 0 Å². The fraction of sp³-hybridized carbons (Fsp3) is 0.429. The Labute approximate surface area is 175 Å². The van der Waals surface area contributed by atoms with Crippen LogP contribution in [0.5, 0.6) is 17.2 Å². The molecule has 1 N–H and O–H groups in total. The van der Waals surface area contributed by atoms with Gasteiger partial charge in [-0.25, -0.2) is 0 Å². The topological polar surface area (TPSA) is 102 Å². The van der Waals surface area contributed by atoms with Crippen LogP contribution in [0.1, 0.15) is 23.2 Å². The molecule has 1 aliphatic rings. The lowest BCUT2D eigenvalue weighted by Gasteiger charge is -2.33. The van der Waals surface area contributed by atoms with Crippen LogP contribution in [0, 0.1) is 0 Å². The Morgan fingerprint density at radius 2 is 1.50 bits per heavy atom. The van der Waals surface area contributed by atoms with Crippen LogP contribution in [0.4, 0.5) is 0 Å². The van der Waals surface area contributed by atoms with E-state index < -0.39 is 5.72 Å². The molecule has 9 heteroatoms. The molecule has 0 amide bonds. The second-order valence-electron chi connectivity index (χ2n) is 6.26. The molecule has 0 saturated carbocycles. The first-order valence-corrected chi connectivity index (χ1v) is 9.10. The van der Waals surface area contributed by atoms with E-state index in [1.54, 1.807) is 18.2 Å². The minimum atomic E-state index is -1.46. The third kappa shape index (κ3) is 4.51. The predicted molar refractivity (Wildman–Crippen MR) is 108 cm³/mol. The van der Waals surface area contributed by atoms with Crippen LogP contribution in [0.2, 0.25) is 0 Å². The van der Waals surface area contributed by atoms with Crippen molar-refractivity contribution in [3.63, 3.8) is 0 Å². The zero-order valence-electron chi connectivity index (χ0n) is 18.0. The molecule has 0 aromatic heterocycles. The van der Waals surface area contributed by atoms with Gasteiger partial charge in [0.25, 0.3) is 0 Å². The average Bonchev–Trinajstić information content (AvgIpc) is 2.80. The quantitative estimate of drug-likeness (QED) is 0.539. The van der Waals surface area contributed by atoms with E-state index in [4.69, 9.17) is 28.4 Å². The summed E-state index contributed by atoms with van der Waals surface area (Å²) in [5, 5.41) is 2.89. The van der Waals surface area contributed by atoms with Gasteiger partial charge in [-0.1, -0.05) is 0 Å². The minimum Gasteiger partial charge on any atom is -0.493 e. The normalized spacial score (nSPS) is 17.8. The molecule has 1 aromatic carbocycles. The third-order valence-electron chi connectivity index (χ3n) is 4.72. The highest BCUT2D eigenvalue weighted by Crippen LogP contribution is 2.38. The molecular formula is C21H27NO8. The molecule has 1 aliphatic heterocycles. The molecule has 2 rings (SSSR count). The molecule has 1 aromatic rings. The number of Topliss-reactive ketones (excluding diaryl/α,β-unsaturated/α-hetero) is 2. The Kier molecular flexibility index (Phi) is 7.71. The van der Waals surface area contributed by atoms with Gasteiger partial charge in [-0.15, -0.1) is 0 Å². The lowest BCUT2D eigenvalue weighted by Crippen LogP contribution is -2.53. The van der Waals surface area contributed by atoms with Crippen molar-refractivity contribution in [2.45, 2.75) is 18.6 Å². The molecule has 0 saturated heterocycles. The molecule has 0 radical (unpaired) electrons. The lowest BCUT2D eigenvalue weighted by atomic mass is 9.97. The van der Waals surface area contributed by atoms with Crippen LogP contribution in [0.25, 0.3) is 0 Å². The van der Waals surface area contributed by atoms with Crippen molar-refractivity contribution in [1.29, 1.82) is 0 Å². The van der Waals surface area contributed by atoms with Crippen LogP contribution >= 0.6 is 0 Å². The van der Waals surface area contributed by atoms with E-state index in [0.717, 1.165) is 0 Å². The van der Waals surface area contributed by atoms with E-state index in [0.29, 0.717) is 28.6 Å². The van der Waals surface area contributed by atoms with E-state index in [9.17, 15) is 9.59 Å². The number of carbonyl (C=O) groups is 2. The van der Waals surface area contributed by atoms with Gasteiger partial charge in [-0.05, 0) is 24.3 Å². The molecular weight excluding hydrogens is 394 g/mol. The maximum absolute atomic E-state index is 12.9. The standard InChI is InChI=1S/C21H27NO8/c1-25-15-9-10-21(30-6,22-20(15)29-5)18(24)8-7-14(23)13-11-16(26-2)19(28-4)17(12-13)27-3/h9-12,22H,7-8H2,1-6H3. The number of hydrogen-bond donors (Lipinski definition) is 1. The number of rotatable bonds is 11.